The van der Waals surface area contributed by atoms with Gasteiger partial charge in [0.15, 0.2) is 17.5 Å². The van der Waals surface area contributed by atoms with E-state index in [0.29, 0.717) is 22.9 Å². The fraction of sp³-hybridized carbons (Fsp3) is 0.105. The van der Waals surface area contributed by atoms with Crippen LogP contribution in [-0.4, -0.2) is 19.5 Å². The summed E-state index contributed by atoms with van der Waals surface area (Å²) in [5, 5.41) is 1.78. The van der Waals surface area contributed by atoms with Crippen LogP contribution in [-0.2, 0) is 12.4 Å². The SMILES string of the molecule is Cc1ccc(-c2ccc3c(c2)c2cc(-c4ccc(C)cc4C)ccc2n3-c2cc(-c3cc(C(F)(F)F)cc(C(F)(F)F)c3)ccc2-c2nc(-c3ccccc3)nc(-c3ccccc3)n2)c(C)c1. The lowest BCUT2D eigenvalue weighted by molar-refractivity contribution is -0.143. The lowest BCUT2D eigenvalue weighted by atomic mass is 9.95. The van der Waals surface area contributed by atoms with Crippen molar-refractivity contribution in [3.05, 3.63) is 203 Å². The molecule has 0 atom stereocenters. The fourth-order valence-electron chi connectivity index (χ4n) is 9.03. The average molecular weight is 895 g/mol. The molecule has 0 aliphatic heterocycles. The number of nitrogens with zero attached hydrogens (tertiary/aromatic N) is 4. The maximum absolute atomic E-state index is 14.4. The van der Waals surface area contributed by atoms with Crippen molar-refractivity contribution in [2.24, 2.45) is 0 Å². The van der Waals surface area contributed by atoms with E-state index in [4.69, 9.17) is 15.0 Å². The number of aromatic nitrogens is 4. The van der Waals surface area contributed by atoms with Gasteiger partial charge in [0.05, 0.1) is 27.8 Å². The molecule has 0 saturated carbocycles. The van der Waals surface area contributed by atoms with E-state index in [2.05, 4.69) is 76.2 Å². The van der Waals surface area contributed by atoms with Crippen molar-refractivity contribution >= 4 is 21.8 Å². The Kier molecular flexibility index (Phi) is 10.6. The molecule has 10 rings (SSSR count). The zero-order chi connectivity index (χ0) is 46.8. The Morgan fingerprint density at radius 1 is 0.358 bits per heavy atom. The summed E-state index contributed by atoms with van der Waals surface area (Å²) in [6.45, 7) is 8.25. The summed E-state index contributed by atoms with van der Waals surface area (Å²) >= 11 is 0. The van der Waals surface area contributed by atoms with Crippen molar-refractivity contribution in [3.63, 3.8) is 0 Å². The van der Waals surface area contributed by atoms with Crippen LogP contribution in [0.1, 0.15) is 33.4 Å². The smallest absolute Gasteiger partial charge is 0.308 e. The molecule has 0 N–H and O–H groups in total. The maximum atomic E-state index is 14.4. The van der Waals surface area contributed by atoms with Crippen LogP contribution in [0.2, 0.25) is 0 Å². The van der Waals surface area contributed by atoms with E-state index in [-0.39, 0.29) is 23.0 Å². The number of halogens is 6. The molecule has 8 aromatic carbocycles. The van der Waals surface area contributed by atoms with Gasteiger partial charge in [-0.15, -0.1) is 0 Å². The number of alkyl halides is 6. The molecule has 0 unspecified atom stereocenters. The van der Waals surface area contributed by atoms with Gasteiger partial charge in [-0.1, -0.05) is 126 Å². The number of hydrogen-bond acceptors (Lipinski definition) is 3. The molecule has 0 saturated heterocycles. The molecule has 4 nitrogen and oxygen atoms in total. The van der Waals surface area contributed by atoms with Crippen molar-refractivity contribution in [1.29, 1.82) is 0 Å². The van der Waals surface area contributed by atoms with Crippen molar-refractivity contribution in [3.8, 4) is 73.2 Å². The van der Waals surface area contributed by atoms with Gasteiger partial charge in [-0.2, -0.15) is 26.3 Å². The normalized spacial score (nSPS) is 12.0. The Morgan fingerprint density at radius 2 is 0.791 bits per heavy atom. The predicted octanol–water partition coefficient (Wildman–Crippen LogP) is 16.2. The highest BCUT2D eigenvalue weighted by atomic mass is 19.4. The Balaban J connectivity index is 1.31. The highest BCUT2D eigenvalue weighted by molar-refractivity contribution is 6.12. The largest absolute Gasteiger partial charge is 0.416 e. The second-order valence-electron chi connectivity index (χ2n) is 17.0. The molecule has 0 bridgehead atoms. The van der Waals surface area contributed by atoms with Gasteiger partial charge in [-0.05, 0) is 127 Å². The van der Waals surface area contributed by atoms with Gasteiger partial charge in [0.25, 0.3) is 0 Å². The average Bonchev–Trinajstić information content (AvgIpc) is 3.64. The van der Waals surface area contributed by atoms with E-state index in [9.17, 15) is 26.3 Å². The zero-order valence-corrected chi connectivity index (χ0v) is 36.7. The minimum absolute atomic E-state index is 0.129. The minimum atomic E-state index is -5.04. The molecule has 0 aliphatic rings. The van der Waals surface area contributed by atoms with Crippen LogP contribution in [0.5, 0.6) is 0 Å². The molecule has 67 heavy (non-hydrogen) atoms. The molecule has 2 heterocycles. The van der Waals surface area contributed by atoms with Gasteiger partial charge >= 0.3 is 12.4 Å². The quantitative estimate of drug-likeness (QED) is 0.150. The van der Waals surface area contributed by atoms with Crippen LogP contribution in [0.25, 0.3) is 95.0 Å². The topological polar surface area (TPSA) is 43.6 Å². The molecule has 2 aromatic heterocycles. The number of benzene rings is 8. The molecule has 0 radical (unpaired) electrons. The molecule has 0 aliphatic carbocycles. The summed E-state index contributed by atoms with van der Waals surface area (Å²) in [7, 11) is 0. The summed E-state index contributed by atoms with van der Waals surface area (Å²) in [6.07, 6.45) is -10.1. The Hall–Kier alpha value is -7.85. The molecule has 0 amide bonds. The summed E-state index contributed by atoms with van der Waals surface area (Å²) in [4.78, 5) is 14.9. The number of aryl methyl sites for hydroxylation is 4. The van der Waals surface area contributed by atoms with Gasteiger partial charge in [0.1, 0.15) is 0 Å². The first-order valence-corrected chi connectivity index (χ1v) is 21.6. The van der Waals surface area contributed by atoms with Gasteiger partial charge in [0.2, 0.25) is 0 Å². The third-order valence-electron chi connectivity index (χ3n) is 12.3. The summed E-state index contributed by atoms with van der Waals surface area (Å²) in [5.41, 5.74) is 9.47. The third kappa shape index (κ3) is 8.24. The minimum Gasteiger partial charge on any atom is -0.308 e. The lowest BCUT2D eigenvalue weighted by Gasteiger charge is -2.18. The zero-order valence-electron chi connectivity index (χ0n) is 36.7. The number of rotatable bonds is 7. The van der Waals surface area contributed by atoms with E-state index < -0.39 is 23.5 Å². The van der Waals surface area contributed by atoms with Crippen molar-refractivity contribution < 1.29 is 26.3 Å². The van der Waals surface area contributed by atoms with Crippen LogP contribution >= 0.6 is 0 Å². The number of hydrogen-bond donors (Lipinski definition) is 0. The highest BCUT2D eigenvalue weighted by Crippen LogP contribution is 2.44. The first-order chi connectivity index (χ1) is 32.1. The van der Waals surface area contributed by atoms with E-state index in [0.717, 1.165) is 89.6 Å². The first-order valence-electron chi connectivity index (χ1n) is 21.6. The van der Waals surface area contributed by atoms with Crippen LogP contribution in [0, 0.1) is 27.7 Å². The fourth-order valence-corrected chi connectivity index (χ4v) is 9.03. The molecular formula is C57H40F6N4. The second kappa shape index (κ2) is 16.5. The van der Waals surface area contributed by atoms with E-state index >= 15 is 0 Å². The van der Waals surface area contributed by atoms with Gasteiger partial charge in [-0.25, -0.2) is 15.0 Å². The summed E-state index contributed by atoms with van der Waals surface area (Å²) in [6, 6.07) is 50.4. The maximum Gasteiger partial charge on any atom is 0.416 e. The van der Waals surface area contributed by atoms with Gasteiger partial charge in [-0.3, -0.25) is 0 Å². The molecule has 0 fully saturated rings. The third-order valence-corrected chi connectivity index (χ3v) is 12.3. The molecule has 0 spiro atoms. The van der Waals surface area contributed by atoms with Crippen molar-refractivity contribution in [2.75, 3.05) is 0 Å². The lowest BCUT2D eigenvalue weighted by Crippen LogP contribution is -2.11. The van der Waals surface area contributed by atoms with Crippen LogP contribution < -0.4 is 0 Å². The Morgan fingerprint density at radius 3 is 1.24 bits per heavy atom. The molecule has 10 aromatic rings. The highest BCUT2D eigenvalue weighted by Gasteiger charge is 2.37. The van der Waals surface area contributed by atoms with Crippen LogP contribution in [0.3, 0.4) is 0 Å². The first kappa shape index (κ1) is 43.1. The molecule has 330 valence electrons. The van der Waals surface area contributed by atoms with Gasteiger partial charge in [0, 0.05) is 27.5 Å². The van der Waals surface area contributed by atoms with Crippen LogP contribution in [0.4, 0.5) is 26.3 Å². The molecular weight excluding hydrogens is 855 g/mol. The second-order valence-corrected chi connectivity index (χ2v) is 17.0. The summed E-state index contributed by atoms with van der Waals surface area (Å²) < 4.78 is 88.1. The molecule has 10 heteroatoms. The van der Waals surface area contributed by atoms with Gasteiger partial charge < -0.3 is 4.57 Å². The number of fused-ring (bicyclic) bond motifs is 3. The standard InChI is InChI=1S/C57H40F6N4/c1-33-15-20-45(35(3)25-33)40-18-23-50-48(29-40)49-30-41(46-21-16-34(2)26-36(46)4)19-24-51(49)67(50)52-31-39(42-27-43(56(58,59)60)32-44(28-42)57(61,62)63)17-22-47(52)55-65-53(37-11-7-5-8-12-37)64-54(66-55)38-13-9-6-10-14-38/h5-32H,1-4H3. The summed E-state index contributed by atoms with van der Waals surface area (Å²) in [5.74, 6) is 1.01. The predicted molar refractivity (Wildman–Crippen MR) is 256 cm³/mol. The van der Waals surface area contributed by atoms with Crippen molar-refractivity contribution in [1.82, 2.24) is 19.5 Å². The monoisotopic (exact) mass is 894 g/mol. The van der Waals surface area contributed by atoms with Crippen LogP contribution in [0.15, 0.2) is 170 Å². The van der Waals surface area contributed by atoms with E-state index in [1.165, 1.54) is 6.07 Å². The van der Waals surface area contributed by atoms with E-state index in [1.807, 2.05) is 89.5 Å². The Bertz CT molecular complexity index is 3340. The van der Waals surface area contributed by atoms with E-state index in [1.54, 1.807) is 12.1 Å². The Labute approximate surface area is 382 Å². The van der Waals surface area contributed by atoms with Crippen molar-refractivity contribution in [2.45, 2.75) is 40.0 Å².